The Labute approximate surface area is 121 Å². The van der Waals surface area contributed by atoms with Crippen LogP contribution in [0.15, 0.2) is 18.2 Å². The molecule has 1 rings (SSSR count). The quantitative estimate of drug-likeness (QED) is 0.898. The predicted molar refractivity (Wildman–Crippen MR) is 71.6 cm³/mol. The molecule has 0 aromatic heterocycles. The Bertz CT molecular complexity index is 670. The molecule has 0 fully saturated rings. The minimum Gasteiger partial charge on any atom is -0.270 e. The second-order valence-corrected chi connectivity index (χ2v) is 6.74. The van der Waals surface area contributed by atoms with Crippen LogP contribution < -0.4 is 9.44 Å². The molecule has 0 saturated heterocycles. The molecular weight excluding hydrogens is 307 g/mol. The number of nitrogens with one attached hydrogen (secondary N) is 2. The molecule has 0 amide bonds. The van der Waals surface area contributed by atoms with E-state index < -0.39 is 33.1 Å². The van der Waals surface area contributed by atoms with Crippen LogP contribution in [0.3, 0.4) is 0 Å². The maximum absolute atomic E-state index is 12.5. The van der Waals surface area contributed by atoms with Crippen molar-refractivity contribution in [2.45, 2.75) is 32.5 Å². The monoisotopic (exact) mass is 321 g/mol. The Balaban J connectivity index is 3.14. The SMILES string of the molecule is CC(C)(C)NS(=O)(=O)Nc1ccc(C(F)(F)F)cc1C#N. The first kappa shape index (κ1) is 17.3. The summed E-state index contributed by atoms with van der Waals surface area (Å²) in [7, 11) is -4.01. The fraction of sp³-hybridized carbons (Fsp3) is 0.417. The van der Waals surface area contributed by atoms with E-state index in [9.17, 15) is 21.6 Å². The largest absolute Gasteiger partial charge is 0.416 e. The zero-order valence-electron chi connectivity index (χ0n) is 11.5. The molecule has 116 valence electrons. The van der Waals surface area contributed by atoms with E-state index in [0.29, 0.717) is 12.1 Å². The van der Waals surface area contributed by atoms with Gasteiger partial charge in [-0.05, 0) is 39.0 Å². The van der Waals surface area contributed by atoms with Crippen molar-refractivity contribution in [3.8, 4) is 6.07 Å². The molecule has 2 N–H and O–H groups in total. The summed E-state index contributed by atoms with van der Waals surface area (Å²) in [6.07, 6.45) is -4.60. The van der Waals surface area contributed by atoms with Crippen LogP contribution in [-0.2, 0) is 16.4 Å². The molecule has 1 aromatic carbocycles. The summed E-state index contributed by atoms with van der Waals surface area (Å²) >= 11 is 0. The molecule has 0 radical (unpaired) electrons. The molecule has 0 spiro atoms. The molecule has 0 aliphatic heterocycles. The average molecular weight is 321 g/mol. The van der Waals surface area contributed by atoms with Gasteiger partial charge in [0.25, 0.3) is 10.2 Å². The summed E-state index contributed by atoms with van der Waals surface area (Å²) < 4.78 is 65.5. The van der Waals surface area contributed by atoms with E-state index in [4.69, 9.17) is 5.26 Å². The topological polar surface area (TPSA) is 82.0 Å². The normalized spacial score (nSPS) is 12.8. The average Bonchev–Trinajstić information content (AvgIpc) is 2.23. The lowest BCUT2D eigenvalue weighted by Crippen LogP contribution is -2.43. The molecule has 21 heavy (non-hydrogen) atoms. The summed E-state index contributed by atoms with van der Waals surface area (Å²) in [6.45, 7) is 4.80. The van der Waals surface area contributed by atoms with Gasteiger partial charge >= 0.3 is 6.18 Å². The number of hydrogen-bond donors (Lipinski definition) is 2. The molecule has 1 aromatic rings. The van der Waals surface area contributed by atoms with Crippen LogP contribution in [0.25, 0.3) is 0 Å². The van der Waals surface area contributed by atoms with E-state index in [-0.39, 0.29) is 5.69 Å². The van der Waals surface area contributed by atoms with Crippen molar-refractivity contribution in [3.63, 3.8) is 0 Å². The second kappa shape index (κ2) is 5.54. The van der Waals surface area contributed by atoms with Crippen molar-refractivity contribution < 1.29 is 21.6 Å². The van der Waals surface area contributed by atoms with Gasteiger partial charge in [-0.15, -0.1) is 0 Å². The smallest absolute Gasteiger partial charge is 0.270 e. The number of alkyl halides is 3. The number of anilines is 1. The number of hydrogen-bond acceptors (Lipinski definition) is 3. The second-order valence-electron chi connectivity index (χ2n) is 5.33. The van der Waals surface area contributed by atoms with Gasteiger partial charge in [0.2, 0.25) is 0 Å². The number of nitrogens with zero attached hydrogens (tertiary/aromatic N) is 1. The van der Waals surface area contributed by atoms with Crippen LogP contribution in [0.1, 0.15) is 31.9 Å². The fourth-order valence-corrected chi connectivity index (χ4v) is 2.80. The van der Waals surface area contributed by atoms with Crippen LogP contribution in [0.2, 0.25) is 0 Å². The number of nitriles is 1. The first-order chi connectivity index (χ1) is 9.34. The van der Waals surface area contributed by atoms with E-state index in [1.807, 2.05) is 4.72 Å². The summed E-state index contributed by atoms with van der Waals surface area (Å²) in [5.41, 5.74) is -2.43. The minimum absolute atomic E-state index is 0.220. The lowest BCUT2D eigenvalue weighted by Gasteiger charge is -2.21. The van der Waals surface area contributed by atoms with Gasteiger partial charge in [0.1, 0.15) is 6.07 Å². The number of benzene rings is 1. The van der Waals surface area contributed by atoms with Gasteiger partial charge in [-0.3, -0.25) is 4.72 Å². The third-order valence-electron chi connectivity index (χ3n) is 2.15. The molecule has 0 unspecified atom stereocenters. The van der Waals surface area contributed by atoms with Gasteiger partial charge in [0.05, 0.1) is 16.8 Å². The van der Waals surface area contributed by atoms with Gasteiger partial charge in [0, 0.05) is 5.54 Å². The molecule has 5 nitrogen and oxygen atoms in total. The summed E-state index contributed by atoms with van der Waals surface area (Å²) in [6, 6.07) is 3.74. The lowest BCUT2D eigenvalue weighted by atomic mass is 10.1. The zero-order chi connectivity index (χ0) is 16.5. The van der Waals surface area contributed by atoms with Crippen molar-refractivity contribution in [2.24, 2.45) is 0 Å². The highest BCUT2D eigenvalue weighted by atomic mass is 32.2. The van der Waals surface area contributed by atoms with E-state index in [0.717, 1.165) is 6.07 Å². The number of rotatable bonds is 3. The highest BCUT2D eigenvalue weighted by Crippen LogP contribution is 2.31. The van der Waals surface area contributed by atoms with Crippen LogP contribution >= 0.6 is 0 Å². The van der Waals surface area contributed by atoms with E-state index in [1.54, 1.807) is 20.8 Å². The summed E-state index contributed by atoms with van der Waals surface area (Å²) in [5, 5.41) is 8.87. The Hall–Kier alpha value is -1.79. The molecule has 9 heteroatoms. The van der Waals surface area contributed by atoms with Crippen LogP contribution in [0.5, 0.6) is 0 Å². The molecule has 0 atom stereocenters. The van der Waals surface area contributed by atoms with Gasteiger partial charge in [-0.2, -0.15) is 31.6 Å². The van der Waals surface area contributed by atoms with Crippen molar-refractivity contribution in [2.75, 3.05) is 4.72 Å². The third-order valence-corrected chi connectivity index (χ3v) is 3.52. The van der Waals surface area contributed by atoms with Gasteiger partial charge in [0.15, 0.2) is 0 Å². The van der Waals surface area contributed by atoms with Crippen molar-refractivity contribution in [1.29, 1.82) is 5.26 Å². The third kappa shape index (κ3) is 5.24. The lowest BCUT2D eigenvalue weighted by molar-refractivity contribution is -0.137. The summed E-state index contributed by atoms with van der Waals surface area (Å²) in [5.74, 6) is 0. The molecule has 0 bridgehead atoms. The molecule has 0 aliphatic carbocycles. The number of halogens is 3. The zero-order valence-corrected chi connectivity index (χ0v) is 12.4. The van der Waals surface area contributed by atoms with Crippen molar-refractivity contribution >= 4 is 15.9 Å². The molecule has 0 saturated carbocycles. The van der Waals surface area contributed by atoms with Crippen LogP contribution in [-0.4, -0.2) is 14.0 Å². The maximum Gasteiger partial charge on any atom is 0.416 e. The van der Waals surface area contributed by atoms with Gasteiger partial charge in [-0.1, -0.05) is 0 Å². The summed E-state index contributed by atoms with van der Waals surface area (Å²) in [4.78, 5) is 0. The Morgan fingerprint density at radius 3 is 2.19 bits per heavy atom. The van der Waals surface area contributed by atoms with Gasteiger partial charge < -0.3 is 0 Å². The molecule has 0 aliphatic rings. The predicted octanol–water partition coefficient (Wildman–Crippen LogP) is 2.62. The Morgan fingerprint density at radius 1 is 1.19 bits per heavy atom. The van der Waals surface area contributed by atoms with Crippen molar-refractivity contribution in [3.05, 3.63) is 29.3 Å². The Morgan fingerprint density at radius 2 is 1.76 bits per heavy atom. The maximum atomic E-state index is 12.5. The van der Waals surface area contributed by atoms with Gasteiger partial charge in [-0.25, -0.2) is 0 Å². The van der Waals surface area contributed by atoms with E-state index in [1.165, 1.54) is 6.07 Å². The minimum atomic E-state index is -4.60. The highest BCUT2D eigenvalue weighted by molar-refractivity contribution is 7.90. The van der Waals surface area contributed by atoms with Crippen LogP contribution in [0, 0.1) is 11.3 Å². The fourth-order valence-electron chi connectivity index (χ4n) is 1.48. The first-order valence-electron chi connectivity index (χ1n) is 5.77. The van der Waals surface area contributed by atoms with E-state index >= 15 is 0 Å². The Kier molecular flexibility index (Phi) is 4.55. The van der Waals surface area contributed by atoms with Crippen molar-refractivity contribution in [1.82, 2.24) is 4.72 Å². The standard InChI is InChI=1S/C12H14F3N3O2S/c1-11(2,3)18-21(19,20)17-10-5-4-9(12(13,14)15)6-8(10)7-16/h4-6,17-18H,1-3H3. The highest BCUT2D eigenvalue weighted by Gasteiger charge is 2.31. The van der Waals surface area contributed by atoms with E-state index in [2.05, 4.69) is 4.72 Å². The molecular formula is C12H14F3N3O2S. The first-order valence-corrected chi connectivity index (χ1v) is 7.25. The van der Waals surface area contributed by atoms with Crippen LogP contribution in [0.4, 0.5) is 18.9 Å². The molecule has 0 heterocycles.